The lowest BCUT2D eigenvalue weighted by Gasteiger charge is -2.18. The van der Waals surface area contributed by atoms with Crippen LogP contribution in [0.1, 0.15) is 31.7 Å². The molecule has 0 saturated heterocycles. The minimum atomic E-state index is 0.648. The molecule has 100 valence electrons. The number of fused-ring (bicyclic) bond motifs is 1. The molecule has 3 rings (SSSR count). The Morgan fingerprint density at radius 2 is 2.21 bits per heavy atom. The average molecular weight is 275 g/mol. The van der Waals surface area contributed by atoms with E-state index in [1.54, 1.807) is 0 Å². The van der Waals surface area contributed by atoms with E-state index in [4.69, 9.17) is 11.6 Å². The van der Waals surface area contributed by atoms with Crippen molar-refractivity contribution < 1.29 is 0 Å². The van der Waals surface area contributed by atoms with Gasteiger partial charge in [-0.1, -0.05) is 31.0 Å². The van der Waals surface area contributed by atoms with Crippen molar-refractivity contribution in [2.24, 2.45) is 5.92 Å². The van der Waals surface area contributed by atoms with Crippen molar-refractivity contribution in [3.63, 3.8) is 0 Å². The molecule has 1 aliphatic rings. The number of rotatable bonds is 3. The van der Waals surface area contributed by atoms with Crippen LogP contribution in [0.2, 0.25) is 5.02 Å². The molecule has 2 aromatic rings. The van der Waals surface area contributed by atoms with Gasteiger partial charge in [0.15, 0.2) is 0 Å². The molecule has 1 aromatic carbocycles. The first-order valence-electron chi connectivity index (χ1n) is 7.01. The molecule has 19 heavy (non-hydrogen) atoms. The van der Waals surface area contributed by atoms with Gasteiger partial charge < -0.3 is 5.32 Å². The number of hydrogen-bond donors (Lipinski definition) is 1. The second-order valence-corrected chi connectivity index (χ2v) is 5.91. The van der Waals surface area contributed by atoms with Crippen molar-refractivity contribution in [3.05, 3.63) is 41.0 Å². The third-order valence-electron chi connectivity index (χ3n) is 4.22. The number of aromatic nitrogens is 1. The number of hydrogen-bond acceptors (Lipinski definition) is 2. The lowest BCUT2D eigenvalue weighted by Crippen LogP contribution is -2.30. The predicted octanol–water partition coefficient (Wildman–Crippen LogP) is 4.17. The van der Waals surface area contributed by atoms with E-state index in [2.05, 4.69) is 23.3 Å². The summed E-state index contributed by atoms with van der Waals surface area (Å²) in [4.78, 5) is 4.48. The van der Waals surface area contributed by atoms with Crippen LogP contribution in [-0.2, 0) is 6.54 Å². The largest absolute Gasteiger partial charge is 0.310 e. The van der Waals surface area contributed by atoms with Gasteiger partial charge in [-0.25, -0.2) is 0 Å². The zero-order chi connectivity index (χ0) is 13.2. The Kier molecular flexibility index (Phi) is 3.72. The predicted molar refractivity (Wildman–Crippen MR) is 80.4 cm³/mol. The van der Waals surface area contributed by atoms with E-state index in [1.165, 1.54) is 24.8 Å². The number of nitrogens with zero attached hydrogens (tertiary/aromatic N) is 1. The molecule has 2 atom stereocenters. The molecule has 0 spiro atoms. The van der Waals surface area contributed by atoms with Gasteiger partial charge in [0, 0.05) is 29.2 Å². The van der Waals surface area contributed by atoms with Crippen molar-refractivity contribution in [2.75, 3.05) is 0 Å². The Balaban J connectivity index is 1.83. The monoisotopic (exact) mass is 274 g/mol. The maximum Gasteiger partial charge on any atom is 0.0761 e. The summed E-state index contributed by atoms with van der Waals surface area (Å²) in [5, 5.41) is 5.50. The van der Waals surface area contributed by atoms with E-state index in [-0.39, 0.29) is 0 Å². The quantitative estimate of drug-likeness (QED) is 0.909. The van der Waals surface area contributed by atoms with Gasteiger partial charge in [-0.05, 0) is 42.5 Å². The fourth-order valence-electron chi connectivity index (χ4n) is 3.03. The van der Waals surface area contributed by atoms with E-state index in [1.807, 2.05) is 24.4 Å². The van der Waals surface area contributed by atoms with E-state index in [9.17, 15) is 0 Å². The third kappa shape index (κ3) is 2.60. The van der Waals surface area contributed by atoms with Crippen LogP contribution in [0.4, 0.5) is 0 Å². The Bertz CT molecular complexity index is 582. The van der Waals surface area contributed by atoms with Gasteiger partial charge >= 0.3 is 0 Å². The number of halogens is 1. The molecule has 2 nitrogen and oxygen atoms in total. The Labute approximate surface area is 119 Å². The second-order valence-electron chi connectivity index (χ2n) is 5.50. The van der Waals surface area contributed by atoms with Crippen molar-refractivity contribution in [1.29, 1.82) is 0 Å². The maximum atomic E-state index is 6.22. The summed E-state index contributed by atoms with van der Waals surface area (Å²) >= 11 is 6.22. The fraction of sp³-hybridized carbons (Fsp3) is 0.438. The first-order valence-corrected chi connectivity index (χ1v) is 7.39. The number of benzene rings is 1. The summed E-state index contributed by atoms with van der Waals surface area (Å²) in [5.41, 5.74) is 2.26. The van der Waals surface area contributed by atoms with Crippen molar-refractivity contribution in [1.82, 2.24) is 10.3 Å². The summed E-state index contributed by atoms with van der Waals surface area (Å²) in [6, 6.07) is 8.68. The van der Waals surface area contributed by atoms with E-state index in [0.717, 1.165) is 28.4 Å². The molecule has 1 heterocycles. The zero-order valence-electron chi connectivity index (χ0n) is 11.2. The van der Waals surface area contributed by atoms with Crippen LogP contribution in [0.3, 0.4) is 0 Å². The number of pyridine rings is 1. The van der Waals surface area contributed by atoms with Gasteiger partial charge in [0.1, 0.15) is 0 Å². The summed E-state index contributed by atoms with van der Waals surface area (Å²) in [6.45, 7) is 3.21. The minimum Gasteiger partial charge on any atom is -0.310 e. The summed E-state index contributed by atoms with van der Waals surface area (Å²) in [6.07, 6.45) is 5.82. The van der Waals surface area contributed by atoms with E-state index in [0.29, 0.717) is 6.04 Å². The van der Waals surface area contributed by atoms with Crippen LogP contribution in [0.15, 0.2) is 30.5 Å². The Morgan fingerprint density at radius 1 is 1.32 bits per heavy atom. The summed E-state index contributed by atoms with van der Waals surface area (Å²) < 4.78 is 0. The van der Waals surface area contributed by atoms with Crippen LogP contribution in [0.5, 0.6) is 0 Å². The molecule has 0 radical (unpaired) electrons. The topological polar surface area (TPSA) is 24.9 Å². The standard InChI is InChI=1S/C16H19ClN2/c1-11-4-2-6-15(11)19-10-12-7-8-14(17)13-5-3-9-18-16(12)13/h3,5,7-9,11,15,19H,2,4,6,10H2,1H3. The molecule has 1 aliphatic carbocycles. The molecule has 3 heteroatoms. The van der Waals surface area contributed by atoms with Crippen LogP contribution in [0.25, 0.3) is 10.9 Å². The van der Waals surface area contributed by atoms with Crippen LogP contribution in [0, 0.1) is 5.92 Å². The molecular formula is C16H19ClN2. The second kappa shape index (κ2) is 5.48. The molecule has 0 amide bonds. The smallest absolute Gasteiger partial charge is 0.0761 e. The molecule has 1 N–H and O–H groups in total. The Morgan fingerprint density at radius 3 is 3.00 bits per heavy atom. The van der Waals surface area contributed by atoms with Crippen molar-refractivity contribution in [2.45, 2.75) is 38.8 Å². The minimum absolute atomic E-state index is 0.648. The molecule has 0 aliphatic heterocycles. The normalized spacial score (nSPS) is 23.1. The SMILES string of the molecule is CC1CCCC1NCc1ccc(Cl)c2cccnc12. The van der Waals surface area contributed by atoms with Crippen LogP contribution >= 0.6 is 11.6 Å². The molecule has 2 unspecified atom stereocenters. The first-order chi connectivity index (χ1) is 9.25. The molecule has 1 fully saturated rings. The highest BCUT2D eigenvalue weighted by Crippen LogP contribution is 2.27. The van der Waals surface area contributed by atoms with Crippen molar-refractivity contribution in [3.8, 4) is 0 Å². The highest BCUT2D eigenvalue weighted by atomic mass is 35.5. The van der Waals surface area contributed by atoms with Gasteiger partial charge in [0.2, 0.25) is 0 Å². The van der Waals surface area contributed by atoms with Gasteiger partial charge in [0.25, 0.3) is 0 Å². The highest BCUT2D eigenvalue weighted by molar-refractivity contribution is 6.35. The molecular weight excluding hydrogens is 256 g/mol. The summed E-state index contributed by atoms with van der Waals surface area (Å²) in [5.74, 6) is 0.784. The van der Waals surface area contributed by atoms with Crippen LogP contribution in [-0.4, -0.2) is 11.0 Å². The molecule has 0 bridgehead atoms. The van der Waals surface area contributed by atoms with Gasteiger partial charge in [0.05, 0.1) is 5.52 Å². The molecule has 1 saturated carbocycles. The summed E-state index contributed by atoms with van der Waals surface area (Å²) in [7, 11) is 0. The lowest BCUT2D eigenvalue weighted by atomic mass is 10.1. The fourth-order valence-corrected chi connectivity index (χ4v) is 3.24. The maximum absolute atomic E-state index is 6.22. The van der Waals surface area contributed by atoms with Gasteiger partial charge in [-0.2, -0.15) is 0 Å². The highest BCUT2D eigenvalue weighted by Gasteiger charge is 2.22. The Hall–Kier alpha value is -1.12. The van der Waals surface area contributed by atoms with E-state index >= 15 is 0 Å². The lowest BCUT2D eigenvalue weighted by molar-refractivity contribution is 0.426. The first kappa shape index (κ1) is 12.9. The van der Waals surface area contributed by atoms with E-state index < -0.39 is 0 Å². The number of nitrogens with one attached hydrogen (secondary N) is 1. The average Bonchev–Trinajstić information content (AvgIpc) is 2.84. The van der Waals surface area contributed by atoms with Crippen molar-refractivity contribution >= 4 is 22.5 Å². The van der Waals surface area contributed by atoms with Gasteiger partial charge in [-0.15, -0.1) is 0 Å². The zero-order valence-corrected chi connectivity index (χ0v) is 12.0. The van der Waals surface area contributed by atoms with Crippen LogP contribution < -0.4 is 5.32 Å². The molecule has 1 aromatic heterocycles. The third-order valence-corrected chi connectivity index (χ3v) is 4.55. The van der Waals surface area contributed by atoms with Gasteiger partial charge in [-0.3, -0.25) is 4.98 Å².